The van der Waals surface area contributed by atoms with Gasteiger partial charge in [0.05, 0.1) is 23.1 Å². The molecule has 1 atom stereocenters. The van der Waals surface area contributed by atoms with Crippen LogP contribution in [0, 0.1) is 6.92 Å². The van der Waals surface area contributed by atoms with Crippen molar-refractivity contribution < 1.29 is 0 Å². The Morgan fingerprint density at radius 1 is 1.39 bits per heavy atom. The molecule has 2 aromatic heterocycles. The summed E-state index contributed by atoms with van der Waals surface area (Å²) < 4.78 is 1.81. The molecule has 0 saturated heterocycles. The largest absolute Gasteiger partial charge is 0.308 e. The van der Waals surface area contributed by atoms with Gasteiger partial charge in [0.15, 0.2) is 0 Å². The van der Waals surface area contributed by atoms with Crippen LogP contribution >= 0.6 is 0 Å². The number of aromatic nitrogens is 4. The van der Waals surface area contributed by atoms with E-state index >= 15 is 0 Å². The average molecular weight is 245 g/mol. The smallest absolute Gasteiger partial charge is 0.0839 e. The van der Waals surface area contributed by atoms with Gasteiger partial charge in [-0.1, -0.05) is 6.92 Å². The van der Waals surface area contributed by atoms with E-state index in [2.05, 4.69) is 33.6 Å². The maximum atomic E-state index is 4.47. The molecule has 0 aliphatic heterocycles. The summed E-state index contributed by atoms with van der Waals surface area (Å²) in [4.78, 5) is 0. The SMILES string of the molecule is CCc1nnc(C)cc1C(NC)c1ccn(C)n1. The lowest BCUT2D eigenvalue weighted by Crippen LogP contribution is -2.21. The molecular weight excluding hydrogens is 226 g/mol. The summed E-state index contributed by atoms with van der Waals surface area (Å²) in [5.41, 5.74) is 4.11. The first-order valence-corrected chi connectivity index (χ1v) is 6.15. The van der Waals surface area contributed by atoms with Crippen LogP contribution in [0.2, 0.25) is 0 Å². The van der Waals surface area contributed by atoms with Gasteiger partial charge in [-0.25, -0.2) is 0 Å². The van der Waals surface area contributed by atoms with E-state index in [0.29, 0.717) is 0 Å². The molecule has 2 aromatic rings. The summed E-state index contributed by atoms with van der Waals surface area (Å²) >= 11 is 0. The van der Waals surface area contributed by atoms with Crippen LogP contribution in [0.25, 0.3) is 0 Å². The number of hydrogen-bond donors (Lipinski definition) is 1. The Kier molecular flexibility index (Phi) is 3.72. The van der Waals surface area contributed by atoms with Gasteiger partial charge in [0.1, 0.15) is 0 Å². The fourth-order valence-corrected chi connectivity index (χ4v) is 2.11. The first kappa shape index (κ1) is 12.7. The van der Waals surface area contributed by atoms with Crippen molar-refractivity contribution in [1.29, 1.82) is 0 Å². The lowest BCUT2D eigenvalue weighted by Gasteiger charge is -2.17. The minimum absolute atomic E-state index is 0.0651. The second kappa shape index (κ2) is 5.27. The molecule has 5 heteroatoms. The van der Waals surface area contributed by atoms with Crippen LogP contribution in [0.4, 0.5) is 0 Å². The van der Waals surface area contributed by atoms with Crippen LogP contribution in [-0.2, 0) is 13.5 Å². The minimum Gasteiger partial charge on any atom is -0.308 e. The fraction of sp³-hybridized carbons (Fsp3) is 0.462. The Hall–Kier alpha value is -1.75. The zero-order valence-corrected chi connectivity index (χ0v) is 11.3. The molecule has 2 rings (SSSR count). The zero-order valence-electron chi connectivity index (χ0n) is 11.3. The van der Waals surface area contributed by atoms with E-state index in [1.54, 1.807) is 0 Å². The molecule has 0 aromatic carbocycles. The molecule has 5 nitrogen and oxygen atoms in total. The Labute approximate surface area is 107 Å². The predicted molar refractivity (Wildman–Crippen MR) is 70.3 cm³/mol. The van der Waals surface area contributed by atoms with E-state index in [0.717, 1.165) is 29.1 Å². The first-order chi connectivity index (χ1) is 8.65. The van der Waals surface area contributed by atoms with Crippen LogP contribution < -0.4 is 5.32 Å². The molecule has 1 N–H and O–H groups in total. The summed E-state index contributed by atoms with van der Waals surface area (Å²) in [7, 11) is 3.86. The zero-order chi connectivity index (χ0) is 13.1. The van der Waals surface area contributed by atoms with E-state index < -0.39 is 0 Å². The number of nitrogens with zero attached hydrogens (tertiary/aromatic N) is 4. The Morgan fingerprint density at radius 3 is 2.72 bits per heavy atom. The number of aryl methyl sites for hydroxylation is 3. The summed E-state index contributed by atoms with van der Waals surface area (Å²) in [5.74, 6) is 0. The Balaban J connectivity index is 2.47. The third-order valence-corrected chi connectivity index (χ3v) is 2.99. The lowest BCUT2D eigenvalue weighted by atomic mass is 10.0. The normalized spacial score (nSPS) is 12.7. The van der Waals surface area contributed by atoms with Gasteiger partial charge in [0, 0.05) is 18.8 Å². The van der Waals surface area contributed by atoms with Crippen LogP contribution in [-0.4, -0.2) is 27.0 Å². The van der Waals surface area contributed by atoms with Crippen LogP contribution in [0.3, 0.4) is 0 Å². The molecule has 0 radical (unpaired) electrons. The van der Waals surface area contributed by atoms with Gasteiger partial charge in [0.25, 0.3) is 0 Å². The van der Waals surface area contributed by atoms with Crippen molar-refractivity contribution in [1.82, 2.24) is 25.3 Å². The van der Waals surface area contributed by atoms with Gasteiger partial charge in [-0.15, -0.1) is 0 Å². The van der Waals surface area contributed by atoms with E-state index in [-0.39, 0.29) is 6.04 Å². The number of nitrogens with one attached hydrogen (secondary N) is 1. The van der Waals surface area contributed by atoms with Crippen LogP contribution in [0.5, 0.6) is 0 Å². The summed E-state index contributed by atoms with van der Waals surface area (Å²) in [6, 6.07) is 4.17. The van der Waals surface area contributed by atoms with Gasteiger partial charge in [-0.2, -0.15) is 15.3 Å². The topological polar surface area (TPSA) is 55.6 Å². The lowest BCUT2D eigenvalue weighted by molar-refractivity contribution is 0.628. The van der Waals surface area contributed by atoms with Crippen molar-refractivity contribution >= 4 is 0 Å². The average Bonchev–Trinajstić information content (AvgIpc) is 2.77. The maximum absolute atomic E-state index is 4.47. The molecule has 2 heterocycles. The summed E-state index contributed by atoms with van der Waals surface area (Å²) in [5, 5.41) is 16.2. The van der Waals surface area contributed by atoms with Gasteiger partial charge in [-0.05, 0) is 32.5 Å². The third kappa shape index (κ3) is 2.41. The third-order valence-electron chi connectivity index (χ3n) is 2.99. The molecule has 0 saturated carbocycles. The highest BCUT2D eigenvalue weighted by Gasteiger charge is 2.18. The van der Waals surface area contributed by atoms with Crippen LogP contribution in [0.1, 0.15) is 35.6 Å². The summed E-state index contributed by atoms with van der Waals surface area (Å²) in [6.07, 6.45) is 2.82. The molecule has 1 unspecified atom stereocenters. The molecule has 96 valence electrons. The second-order valence-corrected chi connectivity index (χ2v) is 4.38. The van der Waals surface area contributed by atoms with Crippen LogP contribution in [0.15, 0.2) is 18.3 Å². The second-order valence-electron chi connectivity index (χ2n) is 4.38. The van der Waals surface area contributed by atoms with E-state index in [1.807, 2.05) is 38.0 Å². The number of rotatable bonds is 4. The molecule has 0 aliphatic rings. The predicted octanol–water partition coefficient (Wildman–Crippen LogP) is 1.39. The van der Waals surface area contributed by atoms with E-state index in [1.165, 1.54) is 0 Å². The maximum Gasteiger partial charge on any atom is 0.0839 e. The molecule has 0 fully saturated rings. The Bertz CT molecular complexity index is 532. The molecule has 0 amide bonds. The van der Waals surface area contributed by atoms with Gasteiger partial charge < -0.3 is 5.32 Å². The van der Waals surface area contributed by atoms with Gasteiger partial charge in [-0.3, -0.25) is 4.68 Å². The summed E-state index contributed by atoms with van der Waals surface area (Å²) in [6.45, 7) is 4.05. The van der Waals surface area contributed by atoms with E-state index in [4.69, 9.17) is 0 Å². The molecule has 0 bridgehead atoms. The molecule has 0 spiro atoms. The highest BCUT2D eigenvalue weighted by molar-refractivity contribution is 5.31. The minimum atomic E-state index is 0.0651. The highest BCUT2D eigenvalue weighted by atomic mass is 15.3. The Morgan fingerprint density at radius 2 is 2.17 bits per heavy atom. The van der Waals surface area contributed by atoms with Crippen molar-refractivity contribution in [3.63, 3.8) is 0 Å². The monoisotopic (exact) mass is 245 g/mol. The van der Waals surface area contributed by atoms with Crippen molar-refractivity contribution in [2.45, 2.75) is 26.3 Å². The molecule has 0 aliphatic carbocycles. The fourth-order valence-electron chi connectivity index (χ4n) is 2.11. The quantitative estimate of drug-likeness (QED) is 0.884. The van der Waals surface area contributed by atoms with Crippen molar-refractivity contribution in [2.75, 3.05) is 7.05 Å². The van der Waals surface area contributed by atoms with Crippen molar-refractivity contribution in [3.05, 3.63) is 41.0 Å². The molecule has 18 heavy (non-hydrogen) atoms. The van der Waals surface area contributed by atoms with Crippen molar-refractivity contribution in [2.24, 2.45) is 7.05 Å². The molecular formula is C13H19N5. The van der Waals surface area contributed by atoms with Gasteiger partial charge >= 0.3 is 0 Å². The highest BCUT2D eigenvalue weighted by Crippen LogP contribution is 2.23. The van der Waals surface area contributed by atoms with Gasteiger partial charge in [0.2, 0.25) is 0 Å². The van der Waals surface area contributed by atoms with E-state index in [9.17, 15) is 0 Å². The first-order valence-electron chi connectivity index (χ1n) is 6.15. The number of hydrogen-bond acceptors (Lipinski definition) is 4. The standard InChI is InChI=1S/C13H19N5/c1-5-11-10(8-9(2)15-16-11)13(14-3)12-6-7-18(4)17-12/h6-8,13-14H,5H2,1-4H3. The van der Waals surface area contributed by atoms with Crippen molar-refractivity contribution in [3.8, 4) is 0 Å².